The second-order valence-corrected chi connectivity index (χ2v) is 10.1. The van der Waals surface area contributed by atoms with E-state index in [1.807, 2.05) is 0 Å². The Bertz CT molecular complexity index is 1880. The van der Waals surface area contributed by atoms with Crippen LogP contribution in [0.25, 0.3) is 49.7 Å². The van der Waals surface area contributed by atoms with Crippen LogP contribution in [-0.4, -0.2) is 4.57 Å². The maximum atomic E-state index is 2.57. The molecule has 2 heterocycles. The third-order valence-electron chi connectivity index (χ3n) is 8.49. The Morgan fingerprint density at radius 3 is 2.18 bits per heavy atom. The summed E-state index contributed by atoms with van der Waals surface area (Å²) in [6.07, 6.45) is 3.10. The van der Waals surface area contributed by atoms with E-state index < -0.39 is 0 Å². The van der Waals surface area contributed by atoms with Crippen LogP contribution in [0.2, 0.25) is 0 Å². The van der Waals surface area contributed by atoms with Gasteiger partial charge >= 0.3 is 0 Å². The summed E-state index contributed by atoms with van der Waals surface area (Å²) in [5.41, 5.74) is 18.9. The number of fused-ring (bicyclic) bond motifs is 13. The lowest BCUT2D eigenvalue weighted by atomic mass is 9.86. The van der Waals surface area contributed by atoms with Gasteiger partial charge in [0.2, 0.25) is 0 Å². The molecule has 0 saturated carbocycles. The van der Waals surface area contributed by atoms with Gasteiger partial charge in [-0.2, -0.15) is 0 Å². The molecule has 0 atom stereocenters. The van der Waals surface area contributed by atoms with E-state index >= 15 is 0 Å². The molecular weight excluding hydrogens is 410 g/mol. The minimum atomic E-state index is 1.01. The Morgan fingerprint density at radius 2 is 1.26 bits per heavy atom. The molecule has 0 bridgehead atoms. The van der Waals surface area contributed by atoms with Crippen molar-refractivity contribution >= 4 is 21.8 Å². The number of para-hydroxylation sites is 1. The minimum Gasteiger partial charge on any atom is -0.309 e. The standard InChI is InChI=1S/C33H21N/c1-3-9-22-20(8-1)16-25-26(22)17-27-24-11-5-6-12-30(24)34-31-14-13-21-15-19-7-2-4-10-23(19)32(21)29(31)18-28(25)33(27)34/h1-14,17H,15-16,18H2. The molecule has 1 aromatic heterocycles. The molecule has 158 valence electrons. The first-order chi connectivity index (χ1) is 16.9. The van der Waals surface area contributed by atoms with Crippen LogP contribution in [0.4, 0.5) is 0 Å². The van der Waals surface area contributed by atoms with Crippen molar-refractivity contribution in [1.29, 1.82) is 0 Å². The van der Waals surface area contributed by atoms with Crippen molar-refractivity contribution in [3.05, 3.63) is 124 Å². The topological polar surface area (TPSA) is 4.93 Å². The lowest BCUT2D eigenvalue weighted by molar-refractivity contribution is 1.02. The van der Waals surface area contributed by atoms with E-state index in [4.69, 9.17) is 0 Å². The molecule has 9 rings (SSSR count). The summed E-state index contributed by atoms with van der Waals surface area (Å²) in [7, 11) is 0. The normalized spacial score (nSPS) is 14.1. The smallest absolute Gasteiger partial charge is 0.0579 e. The molecule has 0 fully saturated rings. The molecule has 0 spiro atoms. The predicted molar refractivity (Wildman–Crippen MR) is 140 cm³/mol. The van der Waals surface area contributed by atoms with E-state index in [9.17, 15) is 0 Å². The van der Waals surface area contributed by atoms with E-state index in [0.717, 1.165) is 19.3 Å². The number of hydrogen-bond acceptors (Lipinski definition) is 0. The molecule has 34 heavy (non-hydrogen) atoms. The van der Waals surface area contributed by atoms with Crippen molar-refractivity contribution in [2.75, 3.05) is 0 Å². The highest BCUT2D eigenvalue weighted by atomic mass is 15.0. The zero-order chi connectivity index (χ0) is 22.0. The molecule has 3 aliphatic rings. The second kappa shape index (κ2) is 5.87. The van der Waals surface area contributed by atoms with Crippen molar-refractivity contribution in [1.82, 2.24) is 4.57 Å². The first-order valence-electron chi connectivity index (χ1n) is 12.3. The van der Waals surface area contributed by atoms with E-state index in [1.54, 1.807) is 0 Å². The fourth-order valence-corrected chi connectivity index (χ4v) is 7.11. The Kier molecular flexibility index (Phi) is 3.00. The Labute approximate surface area is 197 Å². The summed E-state index contributed by atoms with van der Waals surface area (Å²) in [6.45, 7) is 0. The molecule has 5 aromatic carbocycles. The zero-order valence-electron chi connectivity index (χ0n) is 18.7. The molecule has 1 nitrogen and oxygen atoms in total. The number of benzene rings is 5. The van der Waals surface area contributed by atoms with Crippen molar-refractivity contribution in [3.63, 3.8) is 0 Å². The van der Waals surface area contributed by atoms with Crippen LogP contribution < -0.4 is 0 Å². The van der Waals surface area contributed by atoms with Crippen molar-refractivity contribution in [3.8, 4) is 27.9 Å². The largest absolute Gasteiger partial charge is 0.309 e. The van der Waals surface area contributed by atoms with Gasteiger partial charge in [-0.3, -0.25) is 0 Å². The third-order valence-corrected chi connectivity index (χ3v) is 8.49. The van der Waals surface area contributed by atoms with Crippen molar-refractivity contribution in [2.45, 2.75) is 19.3 Å². The monoisotopic (exact) mass is 431 g/mol. The summed E-state index contributed by atoms with van der Waals surface area (Å²) < 4.78 is 2.57. The summed E-state index contributed by atoms with van der Waals surface area (Å²) >= 11 is 0. The second-order valence-electron chi connectivity index (χ2n) is 10.1. The summed E-state index contributed by atoms with van der Waals surface area (Å²) in [4.78, 5) is 0. The zero-order valence-corrected chi connectivity index (χ0v) is 18.7. The number of rotatable bonds is 0. The summed E-state index contributed by atoms with van der Waals surface area (Å²) in [6, 6.07) is 34.2. The maximum absolute atomic E-state index is 2.57. The highest BCUT2D eigenvalue weighted by Crippen LogP contribution is 2.50. The van der Waals surface area contributed by atoms with E-state index in [1.165, 1.54) is 83.1 Å². The molecule has 0 radical (unpaired) electrons. The van der Waals surface area contributed by atoms with Crippen LogP contribution in [0.1, 0.15) is 33.4 Å². The first kappa shape index (κ1) is 17.4. The SMILES string of the molecule is c1ccc2c(c1)Cc1c-2cc2c3ccccc3n3c2c1Cc1c-3ccc2c1-c1ccccc1C2. The quantitative estimate of drug-likeness (QED) is 0.231. The van der Waals surface area contributed by atoms with Gasteiger partial charge in [-0.25, -0.2) is 0 Å². The van der Waals surface area contributed by atoms with Crippen LogP contribution in [0, 0.1) is 0 Å². The molecule has 6 aromatic rings. The number of aromatic nitrogens is 1. The average molecular weight is 432 g/mol. The molecule has 0 amide bonds. The molecule has 0 N–H and O–H groups in total. The van der Waals surface area contributed by atoms with Crippen molar-refractivity contribution in [2.24, 2.45) is 0 Å². The Morgan fingerprint density at radius 1 is 0.500 bits per heavy atom. The molecule has 2 aliphatic carbocycles. The van der Waals surface area contributed by atoms with Gasteiger partial charge in [0, 0.05) is 17.2 Å². The number of nitrogens with zero attached hydrogens (tertiary/aromatic N) is 1. The lowest BCUT2D eigenvalue weighted by Gasteiger charge is -2.25. The fraction of sp³-hybridized carbons (Fsp3) is 0.0909. The van der Waals surface area contributed by atoms with Gasteiger partial charge in [-0.15, -0.1) is 0 Å². The van der Waals surface area contributed by atoms with E-state index in [0.29, 0.717) is 0 Å². The maximum Gasteiger partial charge on any atom is 0.0579 e. The van der Waals surface area contributed by atoms with Gasteiger partial charge in [-0.05, 0) is 86.7 Å². The number of hydrogen-bond donors (Lipinski definition) is 0. The summed E-state index contributed by atoms with van der Waals surface area (Å²) in [5.74, 6) is 0. The molecule has 0 saturated heterocycles. The first-order valence-corrected chi connectivity index (χ1v) is 12.3. The fourth-order valence-electron chi connectivity index (χ4n) is 7.11. The van der Waals surface area contributed by atoms with Crippen molar-refractivity contribution < 1.29 is 0 Å². The van der Waals surface area contributed by atoms with Crippen LogP contribution in [0.15, 0.2) is 91.0 Å². The van der Waals surface area contributed by atoms with E-state index in [-0.39, 0.29) is 0 Å². The highest BCUT2D eigenvalue weighted by molar-refractivity contribution is 6.13. The molecule has 1 aliphatic heterocycles. The van der Waals surface area contributed by atoms with Gasteiger partial charge in [0.15, 0.2) is 0 Å². The van der Waals surface area contributed by atoms with Gasteiger partial charge in [0.05, 0.1) is 16.7 Å². The minimum absolute atomic E-state index is 1.01. The van der Waals surface area contributed by atoms with Gasteiger partial charge in [0.25, 0.3) is 0 Å². The van der Waals surface area contributed by atoms with Crippen LogP contribution in [-0.2, 0) is 19.3 Å². The lowest BCUT2D eigenvalue weighted by Crippen LogP contribution is -2.11. The molecular formula is C33H21N. The third kappa shape index (κ3) is 1.94. The van der Waals surface area contributed by atoms with Gasteiger partial charge < -0.3 is 4.57 Å². The Hall–Kier alpha value is -4.10. The van der Waals surface area contributed by atoms with Crippen LogP contribution >= 0.6 is 0 Å². The van der Waals surface area contributed by atoms with Crippen LogP contribution in [0.3, 0.4) is 0 Å². The van der Waals surface area contributed by atoms with E-state index in [2.05, 4.69) is 95.6 Å². The summed E-state index contributed by atoms with van der Waals surface area (Å²) in [5, 5.41) is 2.76. The van der Waals surface area contributed by atoms with Gasteiger partial charge in [0.1, 0.15) is 0 Å². The average Bonchev–Trinajstić information content (AvgIpc) is 3.55. The molecule has 0 unspecified atom stereocenters. The van der Waals surface area contributed by atoms with Crippen LogP contribution in [0.5, 0.6) is 0 Å². The molecule has 1 heteroatoms. The Balaban J connectivity index is 1.46. The predicted octanol–water partition coefficient (Wildman–Crippen LogP) is 7.83. The van der Waals surface area contributed by atoms with Gasteiger partial charge in [-0.1, -0.05) is 72.8 Å². The highest BCUT2D eigenvalue weighted by Gasteiger charge is 2.32.